The number of hydrogen-bond acceptors (Lipinski definition) is 2. The molecule has 0 unspecified atom stereocenters. The Morgan fingerprint density at radius 2 is 2.24 bits per heavy atom. The van der Waals surface area contributed by atoms with Gasteiger partial charge in [-0.2, -0.15) is 0 Å². The summed E-state index contributed by atoms with van der Waals surface area (Å²) in [4.78, 5) is 13.9. The first-order chi connectivity index (χ1) is 8.13. The predicted molar refractivity (Wildman–Crippen MR) is 73.0 cm³/mol. The number of nitrogens with zero attached hydrogens (tertiary/aromatic N) is 1. The summed E-state index contributed by atoms with van der Waals surface area (Å²) in [6.07, 6.45) is 0. The van der Waals surface area contributed by atoms with Gasteiger partial charge < -0.3 is 9.64 Å². The number of carbonyl (C=O) groups excluding carboxylic acids is 1. The largest absolute Gasteiger partial charge is 0.496 e. The lowest BCUT2D eigenvalue weighted by Gasteiger charge is -2.20. The van der Waals surface area contributed by atoms with Crippen LogP contribution >= 0.6 is 27.5 Å². The molecular weight excluding hydrogens is 305 g/mol. The molecule has 3 nitrogen and oxygen atoms in total. The summed E-state index contributed by atoms with van der Waals surface area (Å²) in [5, 5.41) is 0. The highest BCUT2D eigenvalue weighted by Gasteiger charge is 2.17. The second-order valence-corrected chi connectivity index (χ2v) is 4.71. The van der Waals surface area contributed by atoms with Crippen molar-refractivity contribution >= 4 is 33.4 Å². The first-order valence-corrected chi connectivity index (χ1v) is 6.65. The summed E-state index contributed by atoms with van der Waals surface area (Å²) >= 11 is 9.02. The fourth-order valence-electron chi connectivity index (χ4n) is 1.52. The fourth-order valence-corrected chi connectivity index (χ4v) is 2.06. The summed E-state index contributed by atoms with van der Waals surface area (Å²) < 4.78 is 6.09. The molecule has 0 fully saturated rings. The highest BCUT2D eigenvalue weighted by Crippen LogP contribution is 2.24. The molecule has 1 aromatic carbocycles. The summed E-state index contributed by atoms with van der Waals surface area (Å²) in [7, 11) is 1.55. The number of hydrogen-bond donors (Lipinski definition) is 0. The van der Waals surface area contributed by atoms with Gasteiger partial charge in [0.2, 0.25) is 0 Å². The summed E-state index contributed by atoms with van der Waals surface area (Å²) in [5.41, 5.74) is 0.558. The molecule has 0 bridgehead atoms. The maximum Gasteiger partial charge on any atom is 0.257 e. The van der Waals surface area contributed by atoms with Crippen LogP contribution in [0.15, 0.2) is 22.7 Å². The molecule has 5 heteroatoms. The van der Waals surface area contributed by atoms with Gasteiger partial charge >= 0.3 is 0 Å². The second kappa shape index (κ2) is 6.87. The minimum Gasteiger partial charge on any atom is -0.496 e. The van der Waals surface area contributed by atoms with E-state index in [1.54, 1.807) is 24.1 Å². The van der Waals surface area contributed by atoms with Gasteiger partial charge in [0.05, 0.1) is 12.7 Å². The first-order valence-electron chi connectivity index (χ1n) is 5.32. The number of methoxy groups -OCH3 is 1. The zero-order valence-corrected chi connectivity index (χ0v) is 12.2. The van der Waals surface area contributed by atoms with Crippen molar-refractivity contribution in [2.45, 2.75) is 6.92 Å². The smallest absolute Gasteiger partial charge is 0.257 e. The number of ether oxygens (including phenoxy) is 1. The zero-order valence-electron chi connectivity index (χ0n) is 9.87. The van der Waals surface area contributed by atoms with Crippen LogP contribution in [0.5, 0.6) is 5.75 Å². The average Bonchev–Trinajstić information content (AvgIpc) is 2.34. The molecule has 1 rings (SSSR count). The molecule has 0 aromatic heterocycles. The summed E-state index contributed by atoms with van der Waals surface area (Å²) in [6, 6.07) is 5.36. The van der Waals surface area contributed by atoms with E-state index in [2.05, 4.69) is 15.9 Å². The molecular formula is C12H15BrClNO2. The van der Waals surface area contributed by atoms with Crippen LogP contribution in [0.1, 0.15) is 17.3 Å². The first kappa shape index (κ1) is 14.3. The third kappa shape index (κ3) is 3.61. The standard InChI is InChI=1S/C12H15BrClNO2/c1-3-15(7-6-14)12(16)10-5-4-9(13)8-11(10)17-2/h4-5,8H,3,6-7H2,1-2H3. The van der Waals surface area contributed by atoms with Crippen molar-refractivity contribution in [2.24, 2.45) is 0 Å². The van der Waals surface area contributed by atoms with Crippen LogP contribution in [0, 0.1) is 0 Å². The Morgan fingerprint density at radius 1 is 1.53 bits per heavy atom. The topological polar surface area (TPSA) is 29.5 Å². The van der Waals surface area contributed by atoms with Gasteiger partial charge in [-0.05, 0) is 25.1 Å². The number of benzene rings is 1. The Bertz CT molecular complexity index is 398. The number of amides is 1. The Balaban J connectivity index is 3.02. The van der Waals surface area contributed by atoms with Crippen LogP contribution in [0.2, 0.25) is 0 Å². The number of alkyl halides is 1. The lowest BCUT2D eigenvalue weighted by Crippen LogP contribution is -2.32. The van der Waals surface area contributed by atoms with Gasteiger partial charge in [-0.1, -0.05) is 15.9 Å². The Labute approximate surface area is 115 Å². The van der Waals surface area contributed by atoms with Gasteiger partial charge in [0, 0.05) is 23.4 Å². The maximum atomic E-state index is 12.2. The van der Waals surface area contributed by atoms with Crippen molar-refractivity contribution in [3.8, 4) is 5.75 Å². The minimum absolute atomic E-state index is 0.0579. The Hall–Kier alpha value is -0.740. The number of carbonyl (C=O) groups is 1. The molecule has 0 atom stereocenters. The molecule has 0 spiro atoms. The predicted octanol–water partition coefficient (Wildman–Crippen LogP) is 3.16. The Morgan fingerprint density at radius 3 is 2.76 bits per heavy atom. The van der Waals surface area contributed by atoms with Gasteiger partial charge in [0.25, 0.3) is 5.91 Å². The highest BCUT2D eigenvalue weighted by molar-refractivity contribution is 9.10. The van der Waals surface area contributed by atoms with Crippen LogP contribution in [0.4, 0.5) is 0 Å². The lowest BCUT2D eigenvalue weighted by molar-refractivity contribution is 0.0770. The lowest BCUT2D eigenvalue weighted by atomic mass is 10.1. The molecule has 0 radical (unpaired) electrons. The Kier molecular flexibility index (Phi) is 5.78. The van der Waals surface area contributed by atoms with Crippen LogP contribution in [0.25, 0.3) is 0 Å². The SMILES string of the molecule is CCN(CCCl)C(=O)c1ccc(Br)cc1OC. The molecule has 0 heterocycles. The van der Waals surface area contributed by atoms with E-state index in [0.29, 0.717) is 30.3 Å². The van der Waals surface area contributed by atoms with Crippen molar-refractivity contribution in [1.82, 2.24) is 4.90 Å². The zero-order chi connectivity index (χ0) is 12.8. The van der Waals surface area contributed by atoms with E-state index in [-0.39, 0.29) is 5.91 Å². The number of halogens is 2. The van der Waals surface area contributed by atoms with Crippen LogP contribution < -0.4 is 4.74 Å². The van der Waals surface area contributed by atoms with Crippen LogP contribution in [-0.2, 0) is 0 Å². The van der Waals surface area contributed by atoms with Gasteiger partial charge in [-0.15, -0.1) is 11.6 Å². The molecule has 1 aromatic rings. The van der Waals surface area contributed by atoms with Crippen molar-refractivity contribution in [3.63, 3.8) is 0 Å². The van der Waals surface area contributed by atoms with Crippen LogP contribution in [0.3, 0.4) is 0 Å². The average molecular weight is 321 g/mol. The van der Waals surface area contributed by atoms with Crippen molar-refractivity contribution < 1.29 is 9.53 Å². The summed E-state index contributed by atoms with van der Waals surface area (Å²) in [6.45, 7) is 3.09. The van der Waals surface area contributed by atoms with E-state index < -0.39 is 0 Å². The van der Waals surface area contributed by atoms with Gasteiger partial charge in [-0.3, -0.25) is 4.79 Å². The van der Waals surface area contributed by atoms with Gasteiger partial charge in [-0.25, -0.2) is 0 Å². The van der Waals surface area contributed by atoms with Crippen LogP contribution in [-0.4, -0.2) is 36.9 Å². The molecule has 0 aliphatic rings. The maximum absolute atomic E-state index is 12.2. The van der Waals surface area contributed by atoms with E-state index in [0.717, 1.165) is 4.47 Å². The van der Waals surface area contributed by atoms with E-state index in [9.17, 15) is 4.79 Å². The number of rotatable bonds is 5. The minimum atomic E-state index is -0.0579. The molecule has 0 N–H and O–H groups in total. The normalized spacial score (nSPS) is 10.1. The fraction of sp³-hybridized carbons (Fsp3) is 0.417. The van der Waals surface area contributed by atoms with Gasteiger partial charge in [0.15, 0.2) is 0 Å². The van der Waals surface area contributed by atoms with Crippen molar-refractivity contribution in [1.29, 1.82) is 0 Å². The molecule has 0 saturated heterocycles. The monoisotopic (exact) mass is 319 g/mol. The van der Waals surface area contributed by atoms with Crippen molar-refractivity contribution in [2.75, 3.05) is 26.1 Å². The second-order valence-electron chi connectivity index (χ2n) is 3.42. The molecule has 17 heavy (non-hydrogen) atoms. The molecule has 1 amide bonds. The van der Waals surface area contributed by atoms with E-state index in [4.69, 9.17) is 16.3 Å². The third-order valence-electron chi connectivity index (χ3n) is 2.42. The highest BCUT2D eigenvalue weighted by atomic mass is 79.9. The molecule has 94 valence electrons. The van der Waals surface area contributed by atoms with E-state index in [1.807, 2.05) is 13.0 Å². The quantitative estimate of drug-likeness (QED) is 0.780. The van der Waals surface area contributed by atoms with Gasteiger partial charge in [0.1, 0.15) is 5.75 Å². The molecule has 0 aliphatic heterocycles. The van der Waals surface area contributed by atoms with E-state index in [1.165, 1.54) is 0 Å². The van der Waals surface area contributed by atoms with Crippen molar-refractivity contribution in [3.05, 3.63) is 28.2 Å². The summed E-state index contributed by atoms with van der Waals surface area (Å²) in [5.74, 6) is 0.938. The third-order valence-corrected chi connectivity index (χ3v) is 3.08. The molecule has 0 saturated carbocycles. The van der Waals surface area contributed by atoms with E-state index >= 15 is 0 Å². The molecule has 0 aliphatic carbocycles.